The molecule has 1 aromatic rings. The van der Waals surface area contributed by atoms with Gasteiger partial charge in [0.05, 0.1) is 16.7 Å². The largest absolute Gasteiger partial charge is 0.244 e. The molecule has 0 spiro atoms. The Morgan fingerprint density at radius 1 is 1.29 bits per heavy atom. The van der Waals surface area contributed by atoms with Crippen molar-refractivity contribution < 1.29 is 8.42 Å². The van der Waals surface area contributed by atoms with Gasteiger partial charge in [-0.15, -0.1) is 0 Å². The first kappa shape index (κ1) is 18.0. The van der Waals surface area contributed by atoms with Gasteiger partial charge in [0, 0.05) is 13.1 Å². The molecule has 0 aliphatic rings. The van der Waals surface area contributed by atoms with E-state index in [9.17, 15) is 8.42 Å². The zero-order chi connectivity index (χ0) is 16.0. The average molecular weight is 329 g/mol. The smallest absolute Gasteiger partial charge is 0.207 e. The molecule has 1 rings (SSSR count). The van der Waals surface area contributed by atoms with Gasteiger partial charge in [-0.3, -0.25) is 0 Å². The third-order valence-corrected chi connectivity index (χ3v) is 6.07. The van der Waals surface area contributed by atoms with E-state index < -0.39 is 10.0 Å². The Labute approximate surface area is 132 Å². The highest BCUT2D eigenvalue weighted by molar-refractivity contribution is 7.89. The highest BCUT2D eigenvalue weighted by Gasteiger charge is 2.27. The summed E-state index contributed by atoms with van der Waals surface area (Å²) in [5.41, 5.74) is 0.349. The van der Waals surface area contributed by atoms with E-state index in [1.807, 2.05) is 13.0 Å². The van der Waals surface area contributed by atoms with Crippen LogP contribution in [0.15, 0.2) is 23.1 Å². The Morgan fingerprint density at radius 3 is 2.33 bits per heavy atom. The van der Waals surface area contributed by atoms with Crippen molar-refractivity contribution in [2.24, 2.45) is 5.92 Å². The molecule has 0 aliphatic carbocycles. The molecule has 21 heavy (non-hydrogen) atoms. The first-order chi connectivity index (χ1) is 9.90. The molecule has 0 heterocycles. The van der Waals surface area contributed by atoms with Gasteiger partial charge in [0.25, 0.3) is 0 Å². The van der Waals surface area contributed by atoms with Gasteiger partial charge in [-0.2, -0.15) is 9.57 Å². The number of rotatable bonds is 7. The number of halogens is 1. The summed E-state index contributed by atoms with van der Waals surface area (Å²) in [7, 11) is -3.63. The third-order valence-electron chi connectivity index (χ3n) is 3.65. The van der Waals surface area contributed by atoms with Crippen LogP contribution in [0.1, 0.15) is 39.2 Å². The van der Waals surface area contributed by atoms with Crippen LogP contribution in [0.3, 0.4) is 0 Å². The summed E-state index contributed by atoms with van der Waals surface area (Å²) < 4.78 is 26.9. The number of nitriles is 1. The monoisotopic (exact) mass is 328 g/mol. The highest BCUT2D eigenvalue weighted by atomic mass is 35.5. The summed E-state index contributed by atoms with van der Waals surface area (Å²) in [5.74, 6) is 0.330. The summed E-state index contributed by atoms with van der Waals surface area (Å²) in [6.45, 7) is 6.82. The molecule has 116 valence electrons. The average Bonchev–Trinajstić information content (AvgIpc) is 2.47. The van der Waals surface area contributed by atoms with Crippen molar-refractivity contribution in [3.05, 3.63) is 28.8 Å². The highest BCUT2D eigenvalue weighted by Crippen LogP contribution is 2.26. The van der Waals surface area contributed by atoms with Crippen LogP contribution in [-0.4, -0.2) is 25.8 Å². The molecule has 1 aromatic carbocycles. The molecule has 0 saturated heterocycles. The number of nitrogens with zero attached hydrogens (tertiary/aromatic N) is 2. The molecule has 0 fully saturated rings. The van der Waals surface area contributed by atoms with Gasteiger partial charge in [-0.1, -0.05) is 45.2 Å². The summed E-state index contributed by atoms with van der Waals surface area (Å²) in [4.78, 5) is 0.0657. The Balaban J connectivity index is 3.16. The molecular formula is C15H21ClN2O2S. The van der Waals surface area contributed by atoms with Gasteiger partial charge in [-0.05, 0) is 24.1 Å². The molecule has 0 radical (unpaired) electrons. The van der Waals surface area contributed by atoms with E-state index in [0.717, 1.165) is 12.8 Å². The number of hydrogen-bond acceptors (Lipinski definition) is 3. The zero-order valence-electron chi connectivity index (χ0n) is 12.6. The van der Waals surface area contributed by atoms with E-state index in [1.54, 1.807) is 0 Å². The van der Waals surface area contributed by atoms with Crippen LogP contribution in [-0.2, 0) is 10.0 Å². The van der Waals surface area contributed by atoms with Crippen LogP contribution in [0.5, 0.6) is 0 Å². The number of benzene rings is 1. The van der Waals surface area contributed by atoms with E-state index >= 15 is 0 Å². The van der Waals surface area contributed by atoms with E-state index in [-0.39, 0.29) is 9.92 Å². The normalized spacial score (nSPS) is 11.9. The molecule has 0 amide bonds. The van der Waals surface area contributed by atoms with Gasteiger partial charge in [0.15, 0.2) is 0 Å². The van der Waals surface area contributed by atoms with Crippen molar-refractivity contribution in [1.29, 1.82) is 5.26 Å². The molecule has 0 atom stereocenters. The predicted molar refractivity (Wildman–Crippen MR) is 84.7 cm³/mol. The fourth-order valence-electron chi connectivity index (χ4n) is 2.15. The SMILES string of the molecule is CCC(CC)CN(CC)S(=O)(=O)c1ccc(C#N)cc1Cl. The van der Waals surface area contributed by atoms with Gasteiger partial charge < -0.3 is 0 Å². The summed E-state index contributed by atoms with van der Waals surface area (Å²) in [5, 5.41) is 8.92. The van der Waals surface area contributed by atoms with Gasteiger partial charge in [-0.25, -0.2) is 8.42 Å². The summed E-state index contributed by atoms with van der Waals surface area (Å²) >= 11 is 6.04. The standard InChI is InChI=1S/C15H21ClN2O2S/c1-4-12(5-2)11-18(6-3)21(19,20)15-8-7-13(10-17)9-14(15)16/h7-9,12H,4-6,11H2,1-3H3. The first-order valence-corrected chi connectivity index (χ1v) is 8.92. The second kappa shape index (κ2) is 7.79. The minimum Gasteiger partial charge on any atom is -0.207 e. The van der Waals surface area contributed by atoms with E-state index in [4.69, 9.17) is 16.9 Å². The lowest BCUT2D eigenvalue weighted by Crippen LogP contribution is -2.35. The first-order valence-electron chi connectivity index (χ1n) is 7.10. The quantitative estimate of drug-likeness (QED) is 0.767. The number of sulfonamides is 1. The maximum Gasteiger partial charge on any atom is 0.244 e. The lowest BCUT2D eigenvalue weighted by Gasteiger charge is -2.25. The summed E-state index contributed by atoms with van der Waals surface area (Å²) in [6.07, 6.45) is 1.87. The fraction of sp³-hybridized carbons (Fsp3) is 0.533. The lowest BCUT2D eigenvalue weighted by molar-refractivity contribution is 0.339. The predicted octanol–water partition coefficient (Wildman–Crippen LogP) is 3.66. The van der Waals surface area contributed by atoms with Crippen molar-refractivity contribution in [2.45, 2.75) is 38.5 Å². The zero-order valence-corrected chi connectivity index (χ0v) is 14.2. The molecule has 4 nitrogen and oxygen atoms in total. The number of hydrogen-bond donors (Lipinski definition) is 0. The molecule has 0 unspecified atom stereocenters. The fourth-order valence-corrected chi connectivity index (χ4v) is 4.19. The van der Waals surface area contributed by atoms with Crippen LogP contribution >= 0.6 is 11.6 Å². The van der Waals surface area contributed by atoms with Crippen LogP contribution in [0.25, 0.3) is 0 Å². The van der Waals surface area contributed by atoms with Crippen LogP contribution in [0, 0.1) is 17.2 Å². The van der Waals surface area contributed by atoms with E-state index in [1.165, 1.54) is 22.5 Å². The lowest BCUT2D eigenvalue weighted by atomic mass is 10.0. The van der Waals surface area contributed by atoms with Gasteiger partial charge in [0.2, 0.25) is 10.0 Å². The van der Waals surface area contributed by atoms with Gasteiger partial charge >= 0.3 is 0 Å². The molecule has 0 bridgehead atoms. The Kier molecular flexibility index (Phi) is 6.66. The summed E-state index contributed by atoms with van der Waals surface area (Å²) in [6, 6.07) is 6.22. The maximum atomic E-state index is 12.7. The molecule has 6 heteroatoms. The van der Waals surface area contributed by atoms with Crippen LogP contribution < -0.4 is 0 Å². The molecule has 0 N–H and O–H groups in total. The minimum absolute atomic E-state index is 0.0657. The second-order valence-electron chi connectivity index (χ2n) is 4.90. The van der Waals surface area contributed by atoms with Crippen molar-refractivity contribution in [1.82, 2.24) is 4.31 Å². The Hall–Kier alpha value is -1.09. The van der Waals surface area contributed by atoms with E-state index in [0.29, 0.717) is 24.6 Å². The van der Waals surface area contributed by atoms with E-state index in [2.05, 4.69) is 13.8 Å². The van der Waals surface area contributed by atoms with Gasteiger partial charge in [0.1, 0.15) is 4.90 Å². The van der Waals surface area contributed by atoms with Crippen molar-refractivity contribution >= 4 is 21.6 Å². The maximum absolute atomic E-state index is 12.7. The van der Waals surface area contributed by atoms with Crippen molar-refractivity contribution in [3.8, 4) is 6.07 Å². The van der Waals surface area contributed by atoms with Crippen LogP contribution in [0.4, 0.5) is 0 Å². The molecule has 0 aliphatic heterocycles. The molecule has 0 saturated carbocycles. The second-order valence-corrected chi connectivity index (χ2v) is 7.21. The minimum atomic E-state index is -3.63. The topological polar surface area (TPSA) is 61.2 Å². The molecular weight excluding hydrogens is 308 g/mol. The third kappa shape index (κ3) is 4.19. The Bertz CT molecular complexity index is 619. The van der Waals surface area contributed by atoms with Crippen LogP contribution in [0.2, 0.25) is 5.02 Å². The molecule has 0 aromatic heterocycles. The Morgan fingerprint density at radius 2 is 1.90 bits per heavy atom. The van der Waals surface area contributed by atoms with Crippen molar-refractivity contribution in [3.63, 3.8) is 0 Å². The van der Waals surface area contributed by atoms with Crippen molar-refractivity contribution in [2.75, 3.05) is 13.1 Å².